The van der Waals surface area contributed by atoms with Gasteiger partial charge in [0, 0.05) is 19.3 Å². The molecule has 0 spiro atoms. The van der Waals surface area contributed by atoms with Crippen LogP contribution in [0.1, 0.15) is 74.7 Å². The van der Waals surface area contributed by atoms with E-state index < -0.39 is 0 Å². The van der Waals surface area contributed by atoms with E-state index in [0.29, 0.717) is 5.06 Å². The fraction of sp³-hybridized carbons (Fsp3) is 1.00. The van der Waals surface area contributed by atoms with E-state index in [1.54, 1.807) is 0 Å². The molecule has 1 saturated heterocycles. The van der Waals surface area contributed by atoms with Crippen molar-refractivity contribution in [2.24, 2.45) is 0 Å². The van der Waals surface area contributed by atoms with Crippen LogP contribution in [0.5, 0.6) is 0 Å². The molecule has 0 atom stereocenters. The Labute approximate surface area is 137 Å². The highest BCUT2D eigenvalue weighted by atomic mass is 16.5. The molecular weight excluding hydrogens is 276 g/mol. The number of hydrogen-bond donors (Lipinski definition) is 3. The van der Waals surface area contributed by atoms with E-state index in [2.05, 4.69) is 69.5 Å². The van der Waals surface area contributed by atoms with Gasteiger partial charge in [0.25, 0.3) is 0 Å². The third-order valence-electron chi connectivity index (χ3n) is 5.46. The standard InChI is InChI=1S/C18H38N2O2/c1-15(2)11-14(12-16(3,4)20(15)21)22-18(7,8)13-17(5,6)19(9)10/h14,21H,11-13H2,1-10H3/p+2. The molecule has 4 heteroatoms. The summed E-state index contributed by atoms with van der Waals surface area (Å²) in [6, 6.07) is 0. The lowest BCUT2D eigenvalue weighted by atomic mass is 9.79. The molecule has 1 rings (SSSR count). The Hall–Kier alpha value is -0.160. The first kappa shape index (κ1) is 19.9. The Morgan fingerprint density at radius 2 is 1.45 bits per heavy atom. The average molecular weight is 317 g/mol. The van der Waals surface area contributed by atoms with Crippen molar-refractivity contribution in [2.45, 2.75) is 103 Å². The molecule has 4 nitrogen and oxygen atoms in total. The van der Waals surface area contributed by atoms with Gasteiger partial charge in [0.15, 0.2) is 0 Å². The van der Waals surface area contributed by atoms with Crippen molar-refractivity contribution >= 4 is 0 Å². The van der Waals surface area contributed by atoms with E-state index >= 15 is 0 Å². The summed E-state index contributed by atoms with van der Waals surface area (Å²) in [6.07, 6.45) is 2.99. The molecule has 1 fully saturated rings. The SMILES string of the molecule is C[NH+](C)C(C)(C)CC(C)(C)OC1CC(C)(C)[NH+](O)C(C)(C)C1. The summed E-state index contributed by atoms with van der Waals surface area (Å²) in [5.74, 6) is 0. The van der Waals surface area contributed by atoms with Crippen molar-refractivity contribution < 1.29 is 19.9 Å². The Morgan fingerprint density at radius 1 is 1.05 bits per heavy atom. The van der Waals surface area contributed by atoms with Gasteiger partial charge in [-0.2, -0.15) is 5.06 Å². The van der Waals surface area contributed by atoms with E-state index in [0.717, 1.165) is 19.3 Å². The summed E-state index contributed by atoms with van der Waals surface area (Å²) in [7, 11) is 4.41. The van der Waals surface area contributed by atoms with E-state index in [-0.39, 0.29) is 28.3 Å². The van der Waals surface area contributed by atoms with Crippen LogP contribution in [0.25, 0.3) is 0 Å². The van der Waals surface area contributed by atoms with Gasteiger partial charge in [-0.25, -0.2) is 5.21 Å². The zero-order valence-electron chi connectivity index (χ0n) is 16.6. The summed E-state index contributed by atoms with van der Waals surface area (Å²) >= 11 is 0. The van der Waals surface area contributed by atoms with E-state index in [1.165, 1.54) is 4.90 Å². The largest absolute Gasteiger partial charge is 0.372 e. The molecule has 0 radical (unpaired) electrons. The van der Waals surface area contributed by atoms with Gasteiger partial charge in [0.05, 0.1) is 31.3 Å². The summed E-state index contributed by atoms with van der Waals surface area (Å²) in [5, 5.41) is 11.1. The number of ether oxygens (including phenoxy) is 1. The normalized spacial score (nSPS) is 28.9. The Kier molecular flexibility index (Phi) is 5.46. The Bertz CT molecular complexity index is 369. The second-order valence-corrected chi connectivity index (χ2v) is 10.1. The van der Waals surface area contributed by atoms with Crippen LogP contribution in [-0.4, -0.2) is 47.6 Å². The molecule has 0 amide bonds. The molecule has 0 bridgehead atoms. The van der Waals surface area contributed by atoms with Crippen LogP contribution in [0, 0.1) is 0 Å². The maximum absolute atomic E-state index is 10.5. The van der Waals surface area contributed by atoms with Crippen molar-refractivity contribution in [3.05, 3.63) is 0 Å². The molecular formula is C18H40N2O2+2. The molecule has 0 aromatic heterocycles. The molecule has 1 aliphatic heterocycles. The minimum Gasteiger partial charge on any atom is -0.372 e. The molecule has 132 valence electrons. The zero-order chi connectivity index (χ0) is 17.6. The van der Waals surface area contributed by atoms with Gasteiger partial charge in [-0.05, 0) is 55.4 Å². The number of rotatable bonds is 5. The Balaban J connectivity index is 2.81. The monoisotopic (exact) mass is 316 g/mol. The van der Waals surface area contributed by atoms with Crippen LogP contribution in [0.4, 0.5) is 0 Å². The maximum Gasteiger partial charge on any atom is 0.124 e. The minimum absolute atomic E-state index is 0.162. The number of quaternary nitrogens is 2. The third kappa shape index (κ3) is 4.67. The van der Waals surface area contributed by atoms with Gasteiger partial charge in [-0.15, -0.1) is 0 Å². The fourth-order valence-electron chi connectivity index (χ4n) is 4.14. The molecule has 0 aromatic carbocycles. The first-order valence-corrected chi connectivity index (χ1v) is 8.64. The fourth-order valence-corrected chi connectivity index (χ4v) is 4.14. The van der Waals surface area contributed by atoms with Gasteiger partial charge in [0.2, 0.25) is 0 Å². The average Bonchev–Trinajstić information content (AvgIpc) is 2.22. The molecule has 0 unspecified atom stereocenters. The predicted molar refractivity (Wildman–Crippen MR) is 90.6 cm³/mol. The highest BCUT2D eigenvalue weighted by Crippen LogP contribution is 2.31. The third-order valence-corrected chi connectivity index (χ3v) is 5.46. The lowest BCUT2D eigenvalue weighted by molar-refractivity contribution is -1.16. The smallest absolute Gasteiger partial charge is 0.124 e. The summed E-state index contributed by atoms with van der Waals surface area (Å²) in [4.78, 5) is 1.44. The van der Waals surface area contributed by atoms with Crippen molar-refractivity contribution in [2.75, 3.05) is 14.1 Å². The summed E-state index contributed by atoms with van der Waals surface area (Å²) in [5.41, 5.74) is -0.336. The van der Waals surface area contributed by atoms with Crippen LogP contribution >= 0.6 is 0 Å². The topological polar surface area (TPSA) is 38.3 Å². The quantitative estimate of drug-likeness (QED) is 0.710. The van der Waals surface area contributed by atoms with Gasteiger partial charge < -0.3 is 9.64 Å². The number of piperidine rings is 1. The molecule has 1 aliphatic rings. The van der Waals surface area contributed by atoms with Gasteiger partial charge >= 0.3 is 0 Å². The molecule has 0 aromatic rings. The number of hydroxylamine groups is 2. The highest BCUT2D eigenvalue weighted by molar-refractivity contribution is 4.88. The number of nitrogens with one attached hydrogen (secondary N) is 2. The lowest BCUT2D eigenvalue weighted by Crippen LogP contribution is -3.25. The molecule has 0 aliphatic carbocycles. The first-order valence-electron chi connectivity index (χ1n) is 8.64. The molecule has 22 heavy (non-hydrogen) atoms. The van der Waals surface area contributed by atoms with Crippen LogP contribution in [-0.2, 0) is 4.74 Å². The van der Waals surface area contributed by atoms with Gasteiger partial charge in [-0.1, -0.05) is 0 Å². The van der Waals surface area contributed by atoms with E-state index in [1.807, 2.05) is 0 Å². The van der Waals surface area contributed by atoms with Crippen LogP contribution in [0.15, 0.2) is 0 Å². The van der Waals surface area contributed by atoms with Gasteiger partial charge in [0.1, 0.15) is 11.1 Å². The lowest BCUT2D eigenvalue weighted by Gasteiger charge is -2.49. The molecule has 0 saturated carbocycles. The Morgan fingerprint density at radius 3 is 1.82 bits per heavy atom. The van der Waals surface area contributed by atoms with Crippen LogP contribution in [0.3, 0.4) is 0 Å². The minimum atomic E-state index is -0.176. The van der Waals surface area contributed by atoms with Crippen LogP contribution in [0.2, 0.25) is 0 Å². The van der Waals surface area contributed by atoms with E-state index in [9.17, 15) is 5.21 Å². The van der Waals surface area contributed by atoms with Crippen LogP contribution < -0.4 is 9.96 Å². The highest BCUT2D eigenvalue weighted by Gasteiger charge is 2.51. The second kappa shape index (κ2) is 6.04. The predicted octanol–water partition coefficient (Wildman–Crippen LogP) is 1.09. The summed E-state index contributed by atoms with van der Waals surface area (Å²) in [6.45, 7) is 17.5. The van der Waals surface area contributed by atoms with Crippen molar-refractivity contribution in [3.8, 4) is 0 Å². The summed E-state index contributed by atoms with van der Waals surface area (Å²) < 4.78 is 6.55. The van der Waals surface area contributed by atoms with Crippen molar-refractivity contribution in [1.29, 1.82) is 0 Å². The first-order chi connectivity index (χ1) is 9.59. The van der Waals surface area contributed by atoms with Crippen molar-refractivity contribution in [1.82, 2.24) is 0 Å². The maximum atomic E-state index is 10.5. The molecule has 1 heterocycles. The van der Waals surface area contributed by atoms with E-state index in [4.69, 9.17) is 4.74 Å². The second-order valence-electron chi connectivity index (χ2n) is 10.1. The number of hydrogen-bond acceptors (Lipinski definition) is 2. The van der Waals surface area contributed by atoms with Crippen molar-refractivity contribution in [3.63, 3.8) is 0 Å². The molecule has 3 N–H and O–H groups in total. The zero-order valence-corrected chi connectivity index (χ0v) is 16.6. The van der Waals surface area contributed by atoms with Gasteiger partial charge in [-0.3, -0.25) is 0 Å².